The minimum absolute atomic E-state index is 0.198. The molecule has 3 aromatic rings. The van der Waals surface area contributed by atoms with Crippen molar-refractivity contribution in [2.45, 2.75) is 82.3 Å². The van der Waals surface area contributed by atoms with Crippen molar-refractivity contribution in [3.05, 3.63) is 77.5 Å². The van der Waals surface area contributed by atoms with Crippen molar-refractivity contribution in [2.24, 2.45) is 5.10 Å². The molecule has 0 aliphatic carbocycles. The third-order valence-electron chi connectivity index (χ3n) is 9.60. The molecule has 6 rings (SSSR count). The Morgan fingerprint density at radius 3 is 2.38 bits per heavy atom. The zero-order chi connectivity index (χ0) is 25.4. The first-order valence-corrected chi connectivity index (χ1v) is 14.0. The summed E-state index contributed by atoms with van der Waals surface area (Å²) in [6.07, 6.45) is 8.55. The van der Waals surface area contributed by atoms with Crippen LogP contribution in [-0.2, 0) is 5.41 Å². The largest absolute Gasteiger partial charge is 0.354 e. The van der Waals surface area contributed by atoms with Gasteiger partial charge in [-0.05, 0) is 81.5 Å². The number of aryl methyl sites for hydroxylation is 1. The Labute approximate surface area is 220 Å². The van der Waals surface area contributed by atoms with Crippen LogP contribution in [-0.4, -0.2) is 56.9 Å². The molecule has 1 unspecified atom stereocenters. The number of aromatic nitrogens is 2. The van der Waals surface area contributed by atoms with Crippen molar-refractivity contribution in [3.8, 4) is 0 Å². The lowest BCUT2D eigenvalue weighted by Crippen LogP contribution is -2.48. The monoisotopic (exact) mass is 494 g/mol. The fraction of sp³-hybridized carbons (Fsp3) is 0.516. The second kappa shape index (κ2) is 9.95. The van der Waals surface area contributed by atoms with E-state index in [0.717, 1.165) is 43.1 Å². The molecule has 0 saturated carbocycles. The van der Waals surface area contributed by atoms with Crippen molar-refractivity contribution in [1.29, 1.82) is 0 Å². The smallest absolute Gasteiger partial charge is 0.185 e. The molecule has 3 fully saturated rings. The average molecular weight is 495 g/mol. The highest BCUT2D eigenvalue weighted by molar-refractivity contribution is 5.80. The van der Waals surface area contributed by atoms with E-state index in [1.54, 1.807) is 0 Å². The molecule has 3 saturated heterocycles. The Kier molecular flexibility index (Phi) is 6.50. The predicted molar refractivity (Wildman–Crippen MR) is 150 cm³/mol. The second-order valence-corrected chi connectivity index (χ2v) is 11.4. The van der Waals surface area contributed by atoms with Gasteiger partial charge in [-0.15, -0.1) is 4.95 Å². The van der Waals surface area contributed by atoms with Crippen LogP contribution in [0.3, 0.4) is 0 Å². The molecular formula is C31H38N6. The second-order valence-electron chi connectivity index (χ2n) is 11.4. The molecule has 6 nitrogen and oxygen atoms in total. The molecule has 3 atom stereocenters. The van der Waals surface area contributed by atoms with Crippen LogP contribution in [0.15, 0.2) is 59.7 Å². The van der Waals surface area contributed by atoms with E-state index in [2.05, 4.69) is 85.9 Å². The number of likely N-dealkylation sites (tertiary alicyclic amines) is 1. The number of hydrogen-bond donors (Lipinski definition) is 0. The molecule has 4 heterocycles. The first-order valence-electron chi connectivity index (χ1n) is 14.0. The molecule has 192 valence electrons. The third-order valence-corrected chi connectivity index (χ3v) is 9.60. The first-order chi connectivity index (χ1) is 18.1. The number of imidazole rings is 1. The van der Waals surface area contributed by atoms with Crippen LogP contribution in [0.2, 0.25) is 0 Å². The van der Waals surface area contributed by atoms with Crippen LogP contribution in [0, 0.1) is 13.5 Å². The third kappa shape index (κ3) is 4.44. The number of nitrogens with zero attached hydrogens (tertiary/aromatic N) is 6. The van der Waals surface area contributed by atoms with Gasteiger partial charge in [0.1, 0.15) is 10.9 Å². The van der Waals surface area contributed by atoms with Gasteiger partial charge in [0.05, 0.1) is 11.0 Å². The van der Waals surface area contributed by atoms with E-state index in [1.165, 1.54) is 49.7 Å². The lowest BCUT2D eigenvalue weighted by molar-refractivity contribution is 0.0888. The highest BCUT2D eigenvalue weighted by Gasteiger charge is 2.44. The summed E-state index contributed by atoms with van der Waals surface area (Å²) in [6, 6.07) is 21.7. The maximum Gasteiger partial charge on any atom is 0.185 e. The van der Waals surface area contributed by atoms with Gasteiger partial charge in [-0.1, -0.05) is 42.5 Å². The summed E-state index contributed by atoms with van der Waals surface area (Å²) < 4.78 is 2.53. The van der Waals surface area contributed by atoms with Gasteiger partial charge in [-0.25, -0.2) is 4.98 Å². The molecular weight excluding hydrogens is 456 g/mol. The Hall–Kier alpha value is -3.17. The van der Waals surface area contributed by atoms with Crippen LogP contribution in [0.1, 0.15) is 69.3 Å². The number of benzene rings is 2. The number of piperidine rings is 2. The predicted octanol–water partition coefficient (Wildman–Crippen LogP) is 6.19. The van der Waals surface area contributed by atoms with Crippen molar-refractivity contribution >= 4 is 16.9 Å². The highest BCUT2D eigenvalue weighted by Crippen LogP contribution is 2.45. The van der Waals surface area contributed by atoms with Gasteiger partial charge >= 0.3 is 0 Å². The summed E-state index contributed by atoms with van der Waals surface area (Å²) in [5, 5.41) is 3.99. The van der Waals surface area contributed by atoms with Gasteiger partial charge in [-0.3, -0.25) is 4.90 Å². The maximum absolute atomic E-state index is 7.10. The standard InChI is InChI=1S/C31H38N6/c1-23-33-29-11-7-8-12-30(29)37(23)28-21-26-13-14-27(22-28)36(26)20-17-31(25-9-5-4-6-10-25)15-18-35(19-16-31)24(2)34-32-3/h4-12,26-28H,13-22H2,1-2H3/b34-24+/t26-,27+,28?. The summed E-state index contributed by atoms with van der Waals surface area (Å²) in [4.78, 5) is 13.3. The van der Waals surface area contributed by atoms with Crippen molar-refractivity contribution < 1.29 is 0 Å². The lowest BCUT2D eigenvalue weighted by Gasteiger charge is -2.45. The molecule has 0 radical (unpaired) electrons. The van der Waals surface area contributed by atoms with Crippen LogP contribution < -0.4 is 0 Å². The van der Waals surface area contributed by atoms with Gasteiger partial charge in [0.15, 0.2) is 5.84 Å². The molecule has 3 aliphatic rings. The summed E-state index contributed by atoms with van der Waals surface area (Å²) in [5.41, 5.74) is 4.10. The summed E-state index contributed by atoms with van der Waals surface area (Å²) in [6.45, 7) is 14.4. The number of amidine groups is 1. The van der Waals surface area contributed by atoms with E-state index >= 15 is 0 Å². The van der Waals surface area contributed by atoms with Gasteiger partial charge in [-0.2, -0.15) is 6.57 Å². The van der Waals surface area contributed by atoms with E-state index in [1.807, 2.05) is 6.92 Å². The van der Waals surface area contributed by atoms with E-state index in [-0.39, 0.29) is 5.41 Å². The van der Waals surface area contributed by atoms with Gasteiger partial charge in [0, 0.05) is 38.1 Å². The average Bonchev–Trinajstić information content (AvgIpc) is 3.39. The number of rotatable bonds is 5. The van der Waals surface area contributed by atoms with E-state index in [9.17, 15) is 0 Å². The number of para-hydroxylation sites is 2. The van der Waals surface area contributed by atoms with Crippen LogP contribution in [0.25, 0.3) is 16.0 Å². The van der Waals surface area contributed by atoms with Crippen molar-refractivity contribution in [2.75, 3.05) is 19.6 Å². The molecule has 2 bridgehead atoms. The van der Waals surface area contributed by atoms with Crippen LogP contribution >= 0.6 is 0 Å². The molecule has 0 amide bonds. The number of hydrogen-bond acceptors (Lipinski definition) is 3. The quantitative estimate of drug-likeness (QED) is 0.184. The van der Waals surface area contributed by atoms with Crippen LogP contribution in [0.5, 0.6) is 0 Å². The van der Waals surface area contributed by atoms with Crippen molar-refractivity contribution in [3.63, 3.8) is 0 Å². The van der Waals surface area contributed by atoms with Gasteiger partial charge < -0.3 is 9.47 Å². The topological polar surface area (TPSA) is 41.0 Å². The van der Waals surface area contributed by atoms with Gasteiger partial charge in [0.25, 0.3) is 0 Å². The Morgan fingerprint density at radius 2 is 1.68 bits per heavy atom. The Balaban J connectivity index is 1.18. The minimum atomic E-state index is 0.198. The van der Waals surface area contributed by atoms with Crippen LogP contribution in [0.4, 0.5) is 0 Å². The molecule has 1 aromatic heterocycles. The molecule has 0 N–H and O–H groups in total. The zero-order valence-electron chi connectivity index (χ0n) is 22.2. The molecule has 0 spiro atoms. The molecule has 2 aromatic carbocycles. The Bertz CT molecular complexity index is 1300. The highest BCUT2D eigenvalue weighted by atomic mass is 15.3. The maximum atomic E-state index is 7.10. The number of fused-ring (bicyclic) bond motifs is 3. The molecule has 37 heavy (non-hydrogen) atoms. The van der Waals surface area contributed by atoms with E-state index in [4.69, 9.17) is 11.6 Å². The molecule has 6 heteroatoms. The fourth-order valence-corrected chi connectivity index (χ4v) is 7.66. The molecule has 3 aliphatic heterocycles. The summed E-state index contributed by atoms with van der Waals surface area (Å²) >= 11 is 0. The Morgan fingerprint density at radius 1 is 1.00 bits per heavy atom. The summed E-state index contributed by atoms with van der Waals surface area (Å²) in [5.74, 6) is 2.02. The van der Waals surface area contributed by atoms with E-state index < -0.39 is 0 Å². The fourth-order valence-electron chi connectivity index (χ4n) is 7.66. The minimum Gasteiger partial charge on any atom is -0.354 e. The zero-order valence-corrected chi connectivity index (χ0v) is 22.2. The normalized spacial score (nSPS) is 25.9. The summed E-state index contributed by atoms with van der Waals surface area (Å²) in [7, 11) is 0. The lowest BCUT2D eigenvalue weighted by atomic mass is 9.70. The SMILES string of the molecule is [C-]#[N+]/N=C(\C)N1CCC(CCN2[C@@H]3CC[C@H]2CC(n2c(C)nc4ccccc42)C3)(c2ccccc2)CC1. The van der Waals surface area contributed by atoms with E-state index in [0.29, 0.717) is 18.1 Å². The van der Waals surface area contributed by atoms with Crippen molar-refractivity contribution in [1.82, 2.24) is 19.4 Å². The first kappa shape index (κ1) is 24.2. The van der Waals surface area contributed by atoms with Gasteiger partial charge in [0.2, 0.25) is 0 Å².